The second-order valence-corrected chi connectivity index (χ2v) is 7.60. The fraction of sp³-hybridized carbons (Fsp3) is 0.300. The number of aryl methyl sites for hydroxylation is 1. The molecule has 0 unspecified atom stereocenters. The third-order valence-electron chi connectivity index (χ3n) is 4.49. The van der Waals surface area contributed by atoms with E-state index in [9.17, 15) is 4.79 Å². The number of nitrogens with one attached hydrogen (secondary N) is 1. The highest BCUT2D eigenvalue weighted by Gasteiger charge is 2.19. The van der Waals surface area contributed by atoms with E-state index in [0.717, 1.165) is 39.8 Å². The van der Waals surface area contributed by atoms with Gasteiger partial charge >= 0.3 is 0 Å². The summed E-state index contributed by atoms with van der Waals surface area (Å²) in [5.74, 6) is 1.45. The summed E-state index contributed by atoms with van der Waals surface area (Å²) in [4.78, 5) is 17.2. The summed E-state index contributed by atoms with van der Waals surface area (Å²) in [6, 6.07) is 13.7. The predicted octanol–water partition coefficient (Wildman–Crippen LogP) is 3.58. The minimum Gasteiger partial charge on any atom is -0.454 e. The van der Waals surface area contributed by atoms with Crippen molar-refractivity contribution in [3.8, 4) is 11.5 Å². The number of hydrogen-bond donors (Lipinski definition) is 1. The molecular formula is C20H21N3O3S. The molecule has 0 fully saturated rings. The average Bonchev–Trinajstić information content (AvgIpc) is 3.29. The van der Waals surface area contributed by atoms with Crippen LogP contribution in [-0.4, -0.2) is 27.5 Å². The van der Waals surface area contributed by atoms with Crippen molar-refractivity contribution in [3.05, 3.63) is 48.0 Å². The summed E-state index contributed by atoms with van der Waals surface area (Å²) in [6.45, 7) is 5.50. The molecular weight excluding hydrogens is 362 g/mol. The van der Waals surface area contributed by atoms with Gasteiger partial charge in [0.1, 0.15) is 0 Å². The Hall–Kier alpha value is -2.67. The van der Waals surface area contributed by atoms with Crippen LogP contribution in [0.1, 0.15) is 19.4 Å². The molecule has 1 aliphatic heterocycles. The Labute approximate surface area is 161 Å². The molecule has 3 aromatic rings. The number of amides is 1. The summed E-state index contributed by atoms with van der Waals surface area (Å²) < 4.78 is 12.8. The average molecular weight is 383 g/mol. The fourth-order valence-electron chi connectivity index (χ4n) is 3.04. The number of para-hydroxylation sites is 2. The number of ether oxygens (including phenoxy) is 2. The van der Waals surface area contributed by atoms with Crippen molar-refractivity contribution in [2.75, 3.05) is 6.79 Å². The maximum absolute atomic E-state index is 12.5. The number of fused-ring (bicyclic) bond motifs is 2. The highest BCUT2D eigenvalue weighted by molar-refractivity contribution is 8.00. The second kappa shape index (κ2) is 7.52. The number of carbonyl (C=O) groups is 1. The first-order valence-electron chi connectivity index (χ1n) is 8.94. The van der Waals surface area contributed by atoms with Crippen LogP contribution in [0, 0.1) is 0 Å². The van der Waals surface area contributed by atoms with Crippen molar-refractivity contribution in [2.45, 2.75) is 37.3 Å². The van der Waals surface area contributed by atoms with E-state index in [1.54, 1.807) is 0 Å². The quantitative estimate of drug-likeness (QED) is 0.659. The van der Waals surface area contributed by atoms with Gasteiger partial charge in [-0.05, 0) is 43.7 Å². The zero-order chi connectivity index (χ0) is 18.8. The van der Waals surface area contributed by atoms with Gasteiger partial charge in [-0.15, -0.1) is 0 Å². The van der Waals surface area contributed by atoms with Crippen LogP contribution in [0.3, 0.4) is 0 Å². The summed E-state index contributed by atoms with van der Waals surface area (Å²) in [6.07, 6.45) is 0. The van der Waals surface area contributed by atoms with E-state index in [0.29, 0.717) is 6.54 Å². The molecule has 6 nitrogen and oxygen atoms in total. The summed E-state index contributed by atoms with van der Waals surface area (Å²) >= 11 is 1.48. The molecule has 7 heteroatoms. The highest BCUT2D eigenvalue weighted by Crippen LogP contribution is 2.32. The van der Waals surface area contributed by atoms with Crippen LogP contribution in [0.2, 0.25) is 0 Å². The molecule has 1 aliphatic rings. The maximum atomic E-state index is 12.5. The van der Waals surface area contributed by atoms with Crippen LogP contribution in [0.25, 0.3) is 11.0 Å². The summed E-state index contributed by atoms with van der Waals surface area (Å²) in [7, 11) is 0. The van der Waals surface area contributed by atoms with E-state index in [4.69, 9.17) is 9.47 Å². The van der Waals surface area contributed by atoms with Crippen LogP contribution >= 0.6 is 11.8 Å². The molecule has 0 bridgehead atoms. The third-order valence-corrected chi connectivity index (χ3v) is 5.58. The molecule has 0 saturated carbocycles. The number of aromatic nitrogens is 2. The lowest BCUT2D eigenvalue weighted by Gasteiger charge is -2.13. The van der Waals surface area contributed by atoms with Crippen LogP contribution in [-0.2, 0) is 17.9 Å². The lowest BCUT2D eigenvalue weighted by Crippen LogP contribution is -2.30. The van der Waals surface area contributed by atoms with Crippen LogP contribution < -0.4 is 14.8 Å². The summed E-state index contributed by atoms with van der Waals surface area (Å²) in [5.41, 5.74) is 3.02. The largest absolute Gasteiger partial charge is 0.454 e. The molecule has 0 spiro atoms. The van der Waals surface area contributed by atoms with Crippen LogP contribution in [0.15, 0.2) is 47.6 Å². The van der Waals surface area contributed by atoms with Gasteiger partial charge in [-0.25, -0.2) is 4.98 Å². The van der Waals surface area contributed by atoms with Gasteiger partial charge in [0.15, 0.2) is 16.7 Å². The van der Waals surface area contributed by atoms with E-state index in [1.165, 1.54) is 11.8 Å². The van der Waals surface area contributed by atoms with Crippen molar-refractivity contribution in [3.63, 3.8) is 0 Å². The number of benzene rings is 2. The van der Waals surface area contributed by atoms with Gasteiger partial charge in [0, 0.05) is 13.1 Å². The zero-order valence-electron chi connectivity index (χ0n) is 15.3. The van der Waals surface area contributed by atoms with Crippen molar-refractivity contribution >= 4 is 28.7 Å². The van der Waals surface area contributed by atoms with Crippen molar-refractivity contribution in [1.29, 1.82) is 0 Å². The Bertz CT molecular complexity index is 986. The van der Waals surface area contributed by atoms with E-state index < -0.39 is 0 Å². The SMILES string of the molecule is CCn1c(S[C@H](C)C(=O)NCc2ccc3c(c2)OCO3)nc2ccccc21. The molecule has 0 saturated heterocycles. The highest BCUT2D eigenvalue weighted by atomic mass is 32.2. The second-order valence-electron chi connectivity index (χ2n) is 6.29. The zero-order valence-corrected chi connectivity index (χ0v) is 16.1. The first-order valence-corrected chi connectivity index (χ1v) is 9.82. The Kier molecular flexibility index (Phi) is 4.94. The standard InChI is InChI=1S/C20H21N3O3S/c1-3-23-16-7-5-4-6-15(16)22-20(23)27-13(2)19(24)21-11-14-8-9-17-18(10-14)26-12-25-17/h4-10,13H,3,11-12H2,1-2H3,(H,21,24)/t13-/m1/s1. The molecule has 0 radical (unpaired) electrons. The Morgan fingerprint density at radius 3 is 2.93 bits per heavy atom. The minimum absolute atomic E-state index is 0.0209. The van der Waals surface area contributed by atoms with Gasteiger partial charge in [0.25, 0.3) is 0 Å². The molecule has 27 heavy (non-hydrogen) atoms. The first-order chi connectivity index (χ1) is 13.2. The molecule has 2 heterocycles. The molecule has 4 rings (SSSR count). The number of hydrogen-bond acceptors (Lipinski definition) is 5. The Morgan fingerprint density at radius 1 is 1.26 bits per heavy atom. The van der Waals surface area contributed by atoms with Crippen molar-refractivity contribution in [1.82, 2.24) is 14.9 Å². The van der Waals surface area contributed by atoms with Gasteiger partial charge in [-0.2, -0.15) is 0 Å². The number of carbonyl (C=O) groups excluding carboxylic acids is 1. The van der Waals surface area contributed by atoms with E-state index in [-0.39, 0.29) is 18.0 Å². The maximum Gasteiger partial charge on any atom is 0.233 e. The topological polar surface area (TPSA) is 65.4 Å². The molecule has 2 aromatic carbocycles. The first kappa shape index (κ1) is 17.7. The van der Waals surface area contributed by atoms with Gasteiger partial charge in [-0.3, -0.25) is 4.79 Å². The molecule has 1 N–H and O–H groups in total. The summed E-state index contributed by atoms with van der Waals surface area (Å²) in [5, 5.41) is 3.60. The molecule has 140 valence electrons. The normalized spacial score (nSPS) is 13.7. The molecule has 1 atom stereocenters. The van der Waals surface area contributed by atoms with Gasteiger partial charge in [0.05, 0.1) is 16.3 Å². The van der Waals surface area contributed by atoms with Gasteiger partial charge in [-0.1, -0.05) is 30.0 Å². The molecule has 1 amide bonds. The minimum atomic E-state index is -0.249. The van der Waals surface area contributed by atoms with Crippen LogP contribution in [0.4, 0.5) is 0 Å². The van der Waals surface area contributed by atoms with Gasteiger partial charge in [0.2, 0.25) is 12.7 Å². The van der Waals surface area contributed by atoms with Crippen molar-refractivity contribution < 1.29 is 14.3 Å². The monoisotopic (exact) mass is 383 g/mol. The predicted molar refractivity (Wildman–Crippen MR) is 105 cm³/mol. The Morgan fingerprint density at radius 2 is 2.07 bits per heavy atom. The number of nitrogens with zero attached hydrogens (tertiary/aromatic N) is 2. The molecule has 1 aromatic heterocycles. The molecule has 0 aliphatic carbocycles. The van der Waals surface area contributed by atoms with E-state index >= 15 is 0 Å². The van der Waals surface area contributed by atoms with Crippen molar-refractivity contribution in [2.24, 2.45) is 0 Å². The van der Waals surface area contributed by atoms with E-state index in [2.05, 4.69) is 27.9 Å². The Balaban J connectivity index is 1.41. The van der Waals surface area contributed by atoms with E-state index in [1.807, 2.05) is 43.3 Å². The van der Waals surface area contributed by atoms with Gasteiger partial charge < -0.3 is 19.4 Å². The van der Waals surface area contributed by atoms with Crippen LogP contribution in [0.5, 0.6) is 11.5 Å². The number of rotatable bonds is 6. The lowest BCUT2D eigenvalue weighted by molar-refractivity contribution is -0.120. The smallest absolute Gasteiger partial charge is 0.233 e. The third kappa shape index (κ3) is 3.60. The number of thioether (sulfide) groups is 1. The lowest BCUT2D eigenvalue weighted by atomic mass is 10.2. The number of imidazole rings is 1. The fourth-order valence-corrected chi connectivity index (χ4v) is 4.06.